The molecule has 1 aliphatic heterocycles. The van der Waals surface area contributed by atoms with Gasteiger partial charge < -0.3 is 29.3 Å². The number of para-hydroxylation sites is 1. The number of nitrogens with one attached hydrogen (secondary N) is 2. The van der Waals surface area contributed by atoms with Crippen LogP contribution in [0.5, 0.6) is 0 Å². The summed E-state index contributed by atoms with van der Waals surface area (Å²) in [6.07, 6.45) is -1.55. The molecule has 1 saturated heterocycles. The highest BCUT2D eigenvalue weighted by molar-refractivity contribution is 7.54. The van der Waals surface area contributed by atoms with E-state index < -0.39 is 49.7 Å². The number of aliphatic hydroxyl groups is 2. The van der Waals surface area contributed by atoms with Gasteiger partial charge in [0.15, 0.2) is 5.78 Å². The molecule has 12 heteroatoms. The first-order chi connectivity index (χ1) is 14.3. The van der Waals surface area contributed by atoms with Crippen LogP contribution < -0.4 is 16.6 Å². The lowest BCUT2D eigenvalue weighted by atomic mass is 10.2. The van der Waals surface area contributed by atoms with Crippen molar-refractivity contribution in [1.82, 2.24) is 9.55 Å². The van der Waals surface area contributed by atoms with Crippen molar-refractivity contribution in [2.75, 3.05) is 26.1 Å². The van der Waals surface area contributed by atoms with Crippen LogP contribution in [0.4, 0.5) is 5.69 Å². The van der Waals surface area contributed by atoms with Crippen LogP contribution in [0.15, 0.2) is 46.1 Å². The number of ether oxygens (including phenoxy) is 1. The van der Waals surface area contributed by atoms with Gasteiger partial charge in [-0.05, 0) is 12.1 Å². The minimum absolute atomic E-state index is 0.0274. The van der Waals surface area contributed by atoms with Crippen molar-refractivity contribution in [3.8, 4) is 0 Å². The molecule has 164 valence electrons. The van der Waals surface area contributed by atoms with Gasteiger partial charge in [0, 0.05) is 32.5 Å². The van der Waals surface area contributed by atoms with E-state index in [1.54, 1.807) is 30.3 Å². The predicted molar refractivity (Wildman–Crippen MR) is 107 cm³/mol. The summed E-state index contributed by atoms with van der Waals surface area (Å²) in [5.41, 5.74) is -1.10. The highest BCUT2D eigenvalue weighted by atomic mass is 31.2. The zero-order valence-corrected chi connectivity index (χ0v) is 17.3. The van der Waals surface area contributed by atoms with Crippen LogP contribution in [0.25, 0.3) is 0 Å². The van der Waals surface area contributed by atoms with Crippen molar-refractivity contribution >= 4 is 13.3 Å². The molecule has 4 atom stereocenters. The topological polar surface area (TPSA) is 152 Å². The monoisotopic (exact) mass is 441 g/mol. The van der Waals surface area contributed by atoms with Crippen LogP contribution in [0.1, 0.15) is 24.0 Å². The van der Waals surface area contributed by atoms with E-state index in [-0.39, 0.29) is 12.0 Å². The first-order valence-electron chi connectivity index (χ1n) is 9.15. The Morgan fingerprint density at radius 3 is 2.53 bits per heavy atom. The molecule has 0 spiro atoms. The molecule has 4 N–H and O–H groups in total. The Morgan fingerprint density at radius 1 is 1.30 bits per heavy atom. The smallest absolute Gasteiger partial charge is 0.356 e. The van der Waals surface area contributed by atoms with Crippen LogP contribution in [0, 0.1) is 0 Å². The zero-order chi connectivity index (χ0) is 21.9. The second-order valence-electron chi connectivity index (χ2n) is 6.68. The first-order valence-corrected chi connectivity index (χ1v) is 10.8. The molecule has 0 bridgehead atoms. The maximum Gasteiger partial charge on any atom is 0.356 e. The molecular weight excluding hydrogens is 417 g/mol. The van der Waals surface area contributed by atoms with Gasteiger partial charge in [-0.15, -0.1) is 0 Å². The van der Waals surface area contributed by atoms with Crippen LogP contribution in [0.3, 0.4) is 0 Å². The SMILES string of the molecule is COP(=O)(OC)C(Nc1ccccc1)c1cn([C@H]2C[C@H](O)[C@@H](CO)O2)c(=O)[nH]c1=O. The molecule has 2 heterocycles. The minimum Gasteiger partial charge on any atom is -0.394 e. The Hall–Kier alpha value is -2.27. The third-order valence-electron chi connectivity index (χ3n) is 4.89. The van der Waals surface area contributed by atoms with Crippen molar-refractivity contribution < 1.29 is 28.6 Å². The number of H-pyrrole nitrogens is 1. The summed E-state index contributed by atoms with van der Waals surface area (Å²) < 4.78 is 30.0. The summed E-state index contributed by atoms with van der Waals surface area (Å²) in [4.78, 5) is 27.2. The Labute approximate surface area is 171 Å². The van der Waals surface area contributed by atoms with Crippen LogP contribution in [0.2, 0.25) is 0 Å². The largest absolute Gasteiger partial charge is 0.394 e. The van der Waals surface area contributed by atoms with Gasteiger partial charge in [0.1, 0.15) is 12.3 Å². The summed E-state index contributed by atoms with van der Waals surface area (Å²) in [5.74, 6) is -1.24. The molecule has 0 aliphatic carbocycles. The van der Waals surface area contributed by atoms with E-state index in [0.29, 0.717) is 5.69 Å². The molecule has 0 radical (unpaired) electrons. The van der Waals surface area contributed by atoms with E-state index in [0.717, 1.165) is 4.57 Å². The van der Waals surface area contributed by atoms with Gasteiger partial charge in [0.05, 0.1) is 18.3 Å². The quantitative estimate of drug-likeness (QED) is 0.435. The Kier molecular flexibility index (Phi) is 6.91. The van der Waals surface area contributed by atoms with E-state index >= 15 is 0 Å². The van der Waals surface area contributed by atoms with Crippen molar-refractivity contribution in [3.05, 3.63) is 62.9 Å². The summed E-state index contributed by atoms with van der Waals surface area (Å²) >= 11 is 0. The van der Waals surface area contributed by atoms with Crippen molar-refractivity contribution in [1.29, 1.82) is 0 Å². The average Bonchev–Trinajstić information content (AvgIpc) is 3.13. The summed E-state index contributed by atoms with van der Waals surface area (Å²) in [6, 6.07) is 8.69. The van der Waals surface area contributed by atoms with E-state index in [9.17, 15) is 24.4 Å². The standard InChI is InChI=1S/C18H24N3O8P/c1-27-30(26,28-2)17(19-11-6-4-3-5-7-11)12-9-21(18(25)20-16(12)24)15-8-13(23)14(10-22)29-15/h3-7,9,13-15,17,19,22-23H,8,10H2,1-2H3,(H,20,24,25)/t13-,14+,15+,17?/m0/s1. The second kappa shape index (κ2) is 9.25. The Balaban J connectivity index is 2.08. The second-order valence-corrected chi connectivity index (χ2v) is 9.01. The normalized spacial score (nSPS) is 22.7. The van der Waals surface area contributed by atoms with Crippen LogP contribution in [-0.4, -0.2) is 52.8 Å². The van der Waals surface area contributed by atoms with Gasteiger partial charge in [-0.1, -0.05) is 18.2 Å². The average molecular weight is 441 g/mol. The van der Waals surface area contributed by atoms with E-state index in [4.69, 9.17) is 13.8 Å². The molecule has 1 unspecified atom stereocenters. The first kappa shape index (κ1) is 22.4. The number of rotatable bonds is 8. The van der Waals surface area contributed by atoms with Crippen molar-refractivity contribution in [2.24, 2.45) is 0 Å². The van der Waals surface area contributed by atoms with E-state index in [1.807, 2.05) is 0 Å². The molecule has 1 fully saturated rings. The predicted octanol–water partition coefficient (Wildman–Crippen LogP) is 0.774. The van der Waals surface area contributed by atoms with Gasteiger partial charge in [0.25, 0.3) is 5.56 Å². The fraction of sp³-hybridized carbons (Fsp3) is 0.444. The number of aromatic amines is 1. The lowest BCUT2D eigenvalue weighted by Gasteiger charge is -2.26. The third-order valence-corrected chi connectivity index (χ3v) is 6.94. The number of hydrogen-bond donors (Lipinski definition) is 4. The van der Waals surface area contributed by atoms with Gasteiger partial charge in [-0.25, -0.2) is 4.79 Å². The van der Waals surface area contributed by atoms with E-state index in [1.165, 1.54) is 20.4 Å². The molecular formula is C18H24N3O8P. The fourth-order valence-electron chi connectivity index (χ4n) is 3.26. The van der Waals surface area contributed by atoms with E-state index in [2.05, 4.69) is 10.3 Å². The number of aliphatic hydroxyl groups excluding tert-OH is 2. The maximum absolute atomic E-state index is 13.2. The lowest BCUT2D eigenvalue weighted by Crippen LogP contribution is -2.36. The lowest BCUT2D eigenvalue weighted by molar-refractivity contribution is -0.0460. The molecule has 11 nitrogen and oxygen atoms in total. The highest BCUT2D eigenvalue weighted by Crippen LogP contribution is 2.59. The Bertz CT molecular complexity index is 1020. The number of nitrogens with zero attached hydrogens (tertiary/aromatic N) is 1. The molecule has 2 aromatic rings. The number of aromatic nitrogens is 2. The molecule has 0 amide bonds. The molecule has 30 heavy (non-hydrogen) atoms. The van der Waals surface area contributed by atoms with Crippen LogP contribution >= 0.6 is 7.60 Å². The summed E-state index contributed by atoms with van der Waals surface area (Å²) in [6.45, 7) is -0.427. The molecule has 0 saturated carbocycles. The van der Waals surface area contributed by atoms with Crippen molar-refractivity contribution in [3.63, 3.8) is 0 Å². The molecule has 3 rings (SSSR count). The molecule has 1 aromatic heterocycles. The third kappa shape index (κ3) is 4.41. The fourth-order valence-corrected chi connectivity index (χ4v) is 4.67. The Morgan fingerprint density at radius 2 is 1.97 bits per heavy atom. The highest BCUT2D eigenvalue weighted by Gasteiger charge is 2.40. The minimum atomic E-state index is -3.88. The maximum atomic E-state index is 13.2. The van der Waals surface area contributed by atoms with Gasteiger partial charge in [-0.3, -0.25) is 18.9 Å². The van der Waals surface area contributed by atoms with Gasteiger partial charge in [-0.2, -0.15) is 0 Å². The van der Waals surface area contributed by atoms with Crippen molar-refractivity contribution in [2.45, 2.75) is 30.6 Å². The number of anilines is 1. The van der Waals surface area contributed by atoms with Crippen LogP contribution in [-0.2, 0) is 18.3 Å². The zero-order valence-electron chi connectivity index (χ0n) is 16.4. The van der Waals surface area contributed by atoms with Gasteiger partial charge >= 0.3 is 13.3 Å². The number of hydrogen-bond acceptors (Lipinski definition) is 9. The van der Waals surface area contributed by atoms with Gasteiger partial charge in [0.2, 0.25) is 0 Å². The molecule has 1 aliphatic rings. The number of benzene rings is 1. The molecule has 1 aromatic carbocycles. The summed E-state index contributed by atoms with van der Waals surface area (Å²) in [5, 5.41) is 22.2. The summed E-state index contributed by atoms with van der Waals surface area (Å²) in [7, 11) is -1.50.